The first kappa shape index (κ1) is 9.06. The Hall–Kier alpha value is -1.51. The van der Waals surface area contributed by atoms with Crippen LogP contribution in [0.2, 0.25) is 0 Å². The van der Waals surface area contributed by atoms with Crippen LogP contribution >= 0.6 is 0 Å². The summed E-state index contributed by atoms with van der Waals surface area (Å²) in [7, 11) is 0. The van der Waals surface area contributed by atoms with Crippen molar-refractivity contribution >= 4 is 5.84 Å². The molecule has 2 unspecified atom stereocenters. The molecule has 1 fully saturated rings. The second kappa shape index (κ2) is 2.74. The highest BCUT2D eigenvalue weighted by molar-refractivity contribution is 5.92. The number of rotatable bonds is 2. The second-order valence-electron chi connectivity index (χ2n) is 4.04. The van der Waals surface area contributed by atoms with E-state index in [2.05, 4.69) is 6.92 Å². The Balaban J connectivity index is 2.44. The summed E-state index contributed by atoms with van der Waals surface area (Å²) < 4.78 is 0. The highest BCUT2D eigenvalue weighted by atomic mass is 16.3. The fourth-order valence-corrected chi connectivity index (χ4v) is 2.14. The number of nitrogens with two attached hydrogens (primary N) is 1. The van der Waals surface area contributed by atoms with E-state index in [0.717, 1.165) is 12.0 Å². The van der Waals surface area contributed by atoms with E-state index < -0.39 is 0 Å². The zero-order chi connectivity index (χ0) is 10.3. The van der Waals surface area contributed by atoms with Crippen molar-refractivity contribution in [2.24, 2.45) is 11.7 Å². The van der Waals surface area contributed by atoms with Crippen LogP contribution in [0, 0.1) is 11.3 Å². The molecule has 74 valence electrons. The van der Waals surface area contributed by atoms with Crippen molar-refractivity contribution in [2.45, 2.75) is 18.8 Å². The molecule has 14 heavy (non-hydrogen) atoms. The first-order chi connectivity index (χ1) is 6.57. The maximum absolute atomic E-state index is 9.36. The Labute approximate surface area is 83.1 Å². The lowest BCUT2D eigenvalue weighted by Gasteiger charge is -2.15. The SMILES string of the molecule is CC1CC1(C(=N)N)c1cccc(O)c1. The number of hydrogen-bond acceptors (Lipinski definition) is 2. The van der Waals surface area contributed by atoms with E-state index in [1.807, 2.05) is 6.07 Å². The molecule has 3 nitrogen and oxygen atoms in total. The van der Waals surface area contributed by atoms with Gasteiger partial charge in [-0.05, 0) is 30.0 Å². The number of nitrogens with one attached hydrogen (secondary N) is 1. The molecule has 0 spiro atoms. The third-order valence-corrected chi connectivity index (χ3v) is 3.15. The zero-order valence-electron chi connectivity index (χ0n) is 8.12. The summed E-state index contributed by atoms with van der Waals surface area (Å²) in [6.07, 6.45) is 0.909. The number of phenols is 1. The number of hydrogen-bond donors (Lipinski definition) is 3. The van der Waals surface area contributed by atoms with Gasteiger partial charge < -0.3 is 10.8 Å². The van der Waals surface area contributed by atoms with Gasteiger partial charge in [-0.3, -0.25) is 5.41 Å². The third kappa shape index (κ3) is 1.09. The molecule has 4 N–H and O–H groups in total. The Morgan fingerprint density at radius 2 is 2.29 bits per heavy atom. The maximum Gasteiger partial charge on any atom is 0.115 e. The highest BCUT2D eigenvalue weighted by Crippen LogP contribution is 2.54. The molecular weight excluding hydrogens is 176 g/mol. The van der Waals surface area contributed by atoms with Crippen LogP contribution in [0.3, 0.4) is 0 Å². The van der Waals surface area contributed by atoms with E-state index in [1.54, 1.807) is 18.2 Å². The van der Waals surface area contributed by atoms with Gasteiger partial charge in [-0.2, -0.15) is 0 Å². The molecule has 3 heteroatoms. The van der Waals surface area contributed by atoms with E-state index in [-0.39, 0.29) is 17.0 Å². The van der Waals surface area contributed by atoms with Crippen LogP contribution in [-0.4, -0.2) is 10.9 Å². The lowest BCUT2D eigenvalue weighted by atomic mass is 9.92. The van der Waals surface area contributed by atoms with Crippen LogP contribution in [0.5, 0.6) is 5.75 Å². The predicted octanol–water partition coefficient (Wildman–Crippen LogP) is 1.61. The van der Waals surface area contributed by atoms with Crippen molar-refractivity contribution in [3.05, 3.63) is 29.8 Å². The molecule has 0 radical (unpaired) electrons. The summed E-state index contributed by atoms with van der Waals surface area (Å²) >= 11 is 0. The number of amidine groups is 1. The Bertz CT molecular complexity index is 389. The van der Waals surface area contributed by atoms with Gasteiger partial charge in [-0.25, -0.2) is 0 Å². The van der Waals surface area contributed by atoms with Crippen LogP contribution in [-0.2, 0) is 5.41 Å². The Kier molecular flexibility index (Phi) is 1.77. The van der Waals surface area contributed by atoms with Crippen molar-refractivity contribution in [1.29, 1.82) is 5.41 Å². The van der Waals surface area contributed by atoms with Gasteiger partial charge in [0, 0.05) is 0 Å². The fraction of sp³-hybridized carbons (Fsp3) is 0.364. The Morgan fingerprint density at radius 3 is 2.71 bits per heavy atom. The molecule has 1 aliphatic carbocycles. The third-order valence-electron chi connectivity index (χ3n) is 3.15. The van der Waals surface area contributed by atoms with Crippen molar-refractivity contribution in [2.75, 3.05) is 0 Å². The molecule has 1 saturated carbocycles. The maximum atomic E-state index is 9.36. The molecule has 0 heterocycles. The lowest BCUT2D eigenvalue weighted by Crippen LogP contribution is -2.29. The van der Waals surface area contributed by atoms with Crippen LogP contribution in [0.4, 0.5) is 0 Å². The van der Waals surface area contributed by atoms with Gasteiger partial charge in [0.05, 0.1) is 5.41 Å². The van der Waals surface area contributed by atoms with Crippen molar-refractivity contribution in [3.63, 3.8) is 0 Å². The molecule has 0 bridgehead atoms. The van der Waals surface area contributed by atoms with E-state index in [1.165, 1.54) is 0 Å². The van der Waals surface area contributed by atoms with Gasteiger partial charge in [0.25, 0.3) is 0 Å². The summed E-state index contributed by atoms with van der Waals surface area (Å²) in [6.45, 7) is 2.07. The molecule has 2 atom stereocenters. The minimum Gasteiger partial charge on any atom is -0.508 e. The summed E-state index contributed by atoms with van der Waals surface area (Å²) in [4.78, 5) is 0. The highest BCUT2D eigenvalue weighted by Gasteiger charge is 2.55. The van der Waals surface area contributed by atoms with Crippen LogP contribution in [0.25, 0.3) is 0 Å². The molecule has 1 aliphatic rings. The van der Waals surface area contributed by atoms with Gasteiger partial charge in [-0.15, -0.1) is 0 Å². The van der Waals surface area contributed by atoms with Gasteiger partial charge in [0.15, 0.2) is 0 Å². The first-order valence-electron chi connectivity index (χ1n) is 4.71. The molecule has 0 saturated heterocycles. The van der Waals surface area contributed by atoms with Crippen LogP contribution in [0.1, 0.15) is 18.9 Å². The molecule has 0 aromatic heterocycles. The zero-order valence-corrected chi connectivity index (χ0v) is 8.12. The van der Waals surface area contributed by atoms with E-state index in [0.29, 0.717) is 5.92 Å². The minimum atomic E-state index is -0.307. The topological polar surface area (TPSA) is 70.1 Å². The number of aromatic hydroxyl groups is 1. The Morgan fingerprint density at radius 1 is 1.64 bits per heavy atom. The summed E-state index contributed by atoms with van der Waals surface area (Å²) in [5.41, 5.74) is 6.26. The molecular formula is C11H14N2O. The normalized spacial score (nSPS) is 29.9. The minimum absolute atomic E-state index is 0.204. The predicted molar refractivity (Wildman–Crippen MR) is 55.5 cm³/mol. The van der Waals surface area contributed by atoms with Crippen LogP contribution < -0.4 is 5.73 Å². The molecule has 0 amide bonds. The largest absolute Gasteiger partial charge is 0.508 e. The summed E-state index contributed by atoms with van der Waals surface area (Å²) in [5, 5.41) is 17.0. The second-order valence-corrected chi connectivity index (χ2v) is 4.04. The number of benzene rings is 1. The van der Waals surface area contributed by atoms with Gasteiger partial charge in [0.2, 0.25) is 0 Å². The van der Waals surface area contributed by atoms with Gasteiger partial charge in [0.1, 0.15) is 11.6 Å². The van der Waals surface area contributed by atoms with E-state index in [4.69, 9.17) is 11.1 Å². The van der Waals surface area contributed by atoms with Crippen molar-refractivity contribution in [3.8, 4) is 5.75 Å². The first-order valence-corrected chi connectivity index (χ1v) is 4.71. The number of phenolic OH excluding ortho intramolecular Hbond substituents is 1. The average Bonchev–Trinajstić information content (AvgIpc) is 2.79. The quantitative estimate of drug-likeness (QED) is 0.489. The lowest BCUT2D eigenvalue weighted by molar-refractivity contribution is 0.474. The van der Waals surface area contributed by atoms with E-state index in [9.17, 15) is 5.11 Å². The molecule has 1 aromatic carbocycles. The van der Waals surface area contributed by atoms with Crippen molar-refractivity contribution < 1.29 is 5.11 Å². The monoisotopic (exact) mass is 190 g/mol. The summed E-state index contributed by atoms with van der Waals surface area (Å²) in [6, 6.07) is 7.04. The van der Waals surface area contributed by atoms with Crippen molar-refractivity contribution in [1.82, 2.24) is 0 Å². The average molecular weight is 190 g/mol. The molecule has 1 aromatic rings. The summed E-state index contributed by atoms with van der Waals surface area (Å²) in [5.74, 6) is 0.847. The molecule has 2 rings (SSSR count). The van der Waals surface area contributed by atoms with Gasteiger partial charge >= 0.3 is 0 Å². The van der Waals surface area contributed by atoms with Crippen LogP contribution in [0.15, 0.2) is 24.3 Å². The molecule has 0 aliphatic heterocycles. The van der Waals surface area contributed by atoms with Gasteiger partial charge in [-0.1, -0.05) is 19.1 Å². The van der Waals surface area contributed by atoms with E-state index >= 15 is 0 Å². The fourth-order valence-electron chi connectivity index (χ4n) is 2.14. The standard InChI is InChI=1S/C11H14N2O/c1-7-6-11(7,10(12)13)8-3-2-4-9(14)5-8/h2-5,7,14H,6H2,1H3,(H3,12,13). The smallest absolute Gasteiger partial charge is 0.115 e.